The maximum absolute atomic E-state index is 6.69. The highest BCUT2D eigenvalue weighted by atomic mass is 32.1. The molecule has 0 saturated heterocycles. The Morgan fingerprint density at radius 3 is 2.65 bits per heavy atom. The van der Waals surface area contributed by atoms with Crippen molar-refractivity contribution in [2.45, 2.75) is 65.4 Å². The summed E-state index contributed by atoms with van der Waals surface area (Å²) in [6, 6.07) is 11.4. The van der Waals surface area contributed by atoms with Gasteiger partial charge in [-0.2, -0.15) is 0 Å². The number of hydrogen-bond acceptors (Lipinski definition) is 5. The number of ether oxygens (including phenoxy) is 1. The summed E-state index contributed by atoms with van der Waals surface area (Å²) in [6.07, 6.45) is 3.00. The number of aromatic nitrogens is 2. The Hall–Kier alpha value is -2.50. The van der Waals surface area contributed by atoms with Gasteiger partial charge in [0.15, 0.2) is 0 Å². The molecule has 0 radical (unpaired) electrons. The first kappa shape index (κ1) is 22.0. The fourth-order valence-corrected chi connectivity index (χ4v) is 7.48. The normalized spacial score (nSPS) is 18.3. The van der Waals surface area contributed by atoms with Crippen molar-refractivity contribution in [3.05, 3.63) is 53.2 Å². The number of rotatable bonds is 3. The smallest absolute Gasteiger partial charge is 0.132 e. The van der Waals surface area contributed by atoms with Gasteiger partial charge in [-0.3, -0.25) is 0 Å². The average Bonchev–Trinajstić information content (AvgIpc) is 3.47. The van der Waals surface area contributed by atoms with E-state index in [1.54, 1.807) is 17.7 Å². The van der Waals surface area contributed by atoms with Crippen LogP contribution in [0.3, 0.4) is 0 Å². The summed E-state index contributed by atoms with van der Waals surface area (Å²) in [7, 11) is 0. The van der Waals surface area contributed by atoms with Gasteiger partial charge in [0.25, 0.3) is 0 Å². The summed E-state index contributed by atoms with van der Waals surface area (Å²) in [6.45, 7) is 13.7. The largest absolute Gasteiger partial charge is 0.489 e. The van der Waals surface area contributed by atoms with Crippen LogP contribution in [0.2, 0.25) is 0 Å². The fraction of sp³-hybridized carbons (Fsp3) is 0.379. The molecule has 3 nitrogen and oxygen atoms in total. The lowest BCUT2D eigenvalue weighted by molar-refractivity contribution is 0.184. The van der Waals surface area contributed by atoms with E-state index in [9.17, 15) is 0 Å². The van der Waals surface area contributed by atoms with Crippen molar-refractivity contribution < 1.29 is 4.74 Å². The summed E-state index contributed by atoms with van der Waals surface area (Å²) in [5, 5.41) is 5.79. The van der Waals surface area contributed by atoms with Crippen LogP contribution in [-0.2, 0) is 5.41 Å². The maximum Gasteiger partial charge on any atom is 0.132 e. The number of hydrogen-bond donors (Lipinski definition) is 0. The molecule has 1 aliphatic rings. The topological polar surface area (TPSA) is 35.0 Å². The van der Waals surface area contributed by atoms with Gasteiger partial charge in [0.1, 0.15) is 23.0 Å². The van der Waals surface area contributed by atoms with Crippen molar-refractivity contribution in [3.63, 3.8) is 0 Å². The van der Waals surface area contributed by atoms with Crippen LogP contribution < -0.4 is 4.74 Å². The van der Waals surface area contributed by atoms with Gasteiger partial charge >= 0.3 is 0 Å². The van der Waals surface area contributed by atoms with Crippen LogP contribution in [0.5, 0.6) is 5.75 Å². The second-order valence-electron chi connectivity index (χ2n) is 11.0. The van der Waals surface area contributed by atoms with Crippen LogP contribution in [-0.4, -0.2) is 16.1 Å². The molecular weight excluding hydrogens is 456 g/mol. The van der Waals surface area contributed by atoms with Crippen LogP contribution in [0.1, 0.15) is 65.0 Å². The molecule has 34 heavy (non-hydrogen) atoms. The molecule has 4 heterocycles. The van der Waals surface area contributed by atoms with Crippen LogP contribution in [0.15, 0.2) is 42.0 Å². The lowest BCUT2D eigenvalue weighted by atomic mass is 9.85. The third-order valence-corrected chi connectivity index (χ3v) is 9.10. The molecular formula is C29H30N2OS2. The van der Waals surface area contributed by atoms with Gasteiger partial charge in [0.05, 0.1) is 5.69 Å². The zero-order valence-electron chi connectivity index (χ0n) is 20.6. The van der Waals surface area contributed by atoms with Crippen LogP contribution >= 0.6 is 22.7 Å². The molecule has 2 aromatic carbocycles. The maximum atomic E-state index is 6.69. The molecule has 0 amide bonds. The first-order chi connectivity index (χ1) is 16.2. The monoisotopic (exact) mass is 486 g/mol. The van der Waals surface area contributed by atoms with Gasteiger partial charge in [0.2, 0.25) is 0 Å². The molecule has 0 aliphatic carbocycles. The fourth-order valence-electron chi connectivity index (χ4n) is 5.33. The van der Waals surface area contributed by atoms with Crippen LogP contribution in [0, 0.1) is 5.92 Å². The van der Waals surface area contributed by atoms with Crippen molar-refractivity contribution in [2.75, 3.05) is 0 Å². The Kier molecular flexibility index (Phi) is 5.02. The average molecular weight is 487 g/mol. The van der Waals surface area contributed by atoms with Crippen LogP contribution in [0.4, 0.5) is 0 Å². The predicted octanol–water partition coefficient (Wildman–Crippen LogP) is 8.93. The van der Waals surface area contributed by atoms with E-state index in [1.165, 1.54) is 31.3 Å². The summed E-state index contributed by atoms with van der Waals surface area (Å²) < 4.78 is 9.28. The molecule has 5 heteroatoms. The van der Waals surface area contributed by atoms with E-state index in [1.807, 2.05) is 11.3 Å². The molecule has 2 atom stereocenters. The molecule has 0 bridgehead atoms. The quantitative estimate of drug-likeness (QED) is 0.255. The SMILES string of the molecule is CC(C)CC1Oc2c(ccc3sc4ncnc(-c5cc(C(C)(C)C)c6sccc6c5)c4c23)C1C. The molecule has 2 unspecified atom stereocenters. The Labute approximate surface area is 208 Å². The summed E-state index contributed by atoms with van der Waals surface area (Å²) in [5.74, 6) is 2.04. The van der Waals surface area contributed by atoms with Gasteiger partial charge < -0.3 is 4.74 Å². The van der Waals surface area contributed by atoms with E-state index in [0.717, 1.165) is 33.6 Å². The predicted molar refractivity (Wildman–Crippen MR) is 147 cm³/mol. The Bertz CT molecular complexity index is 1550. The Balaban J connectivity index is 1.63. The van der Waals surface area contributed by atoms with E-state index >= 15 is 0 Å². The van der Waals surface area contributed by atoms with Crippen molar-refractivity contribution in [3.8, 4) is 17.0 Å². The summed E-state index contributed by atoms with van der Waals surface area (Å²) in [5.41, 5.74) is 4.90. The third kappa shape index (κ3) is 3.36. The lowest BCUT2D eigenvalue weighted by Crippen LogP contribution is -2.18. The molecule has 1 aliphatic heterocycles. The molecule has 0 fully saturated rings. The minimum Gasteiger partial charge on any atom is -0.489 e. The Morgan fingerprint density at radius 1 is 1.06 bits per heavy atom. The van der Waals surface area contributed by atoms with Crippen molar-refractivity contribution in [1.82, 2.24) is 9.97 Å². The van der Waals surface area contributed by atoms with Gasteiger partial charge in [-0.25, -0.2) is 9.97 Å². The van der Waals surface area contributed by atoms with E-state index in [0.29, 0.717) is 11.8 Å². The number of nitrogens with zero attached hydrogens (tertiary/aromatic N) is 2. The highest BCUT2D eigenvalue weighted by molar-refractivity contribution is 7.25. The molecule has 0 saturated carbocycles. The second-order valence-corrected chi connectivity index (χ2v) is 13.0. The molecule has 174 valence electrons. The standard InChI is InChI=1S/C29H30N2OS2/c1-15(2)11-21-16(3)19-7-8-22-23(26(19)32-21)24-25(30-14-31-28(24)34-22)18-12-17-9-10-33-27(17)20(13-18)29(4,5)6/h7-10,12-16,21H,11H2,1-6H3. The summed E-state index contributed by atoms with van der Waals surface area (Å²) >= 11 is 3.56. The van der Waals surface area contributed by atoms with E-state index < -0.39 is 0 Å². The first-order valence-corrected chi connectivity index (χ1v) is 13.8. The van der Waals surface area contributed by atoms with Crippen molar-refractivity contribution >= 4 is 53.1 Å². The van der Waals surface area contributed by atoms with Crippen molar-refractivity contribution in [2.24, 2.45) is 5.92 Å². The highest BCUT2D eigenvalue weighted by Crippen LogP contribution is 2.50. The minimum atomic E-state index is 0.0475. The van der Waals surface area contributed by atoms with Gasteiger partial charge in [-0.15, -0.1) is 22.7 Å². The molecule has 0 spiro atoms. The van der Waals surface area contributed by atoms with E-state index in [-0.39, 0.29) is 11.5 Å². The molecule has 5 aromatic rings. The van der Waals surface area contributed by atoms with Gasteiger partial charge in [0, 0.05) is 37.2 Å². The Morgan fingerprint density at radius 2 is 1.88 bits per heavy atom. The van der Waals surface area contributed by atoms with E-state index in [4.69, 9.17) is 14.7 Å². The third-order valence-electron chi connectivity index (χ3n) is 7.07. The first-order valence-electron chi connectivity index (χ1n) is 12.1. The van der Waals surface area contributed by atoms with Crippen LogP contribution in [0.25, 0.3) is 41.6 Å². The number of benzene rings is 2. The number of thiophene rings is 2. The molecule has 6 rings (SSSR count). The zero-order valence-corrected chi connectivity index (χ0v) is 22.2. The molecule has 0 N–H and O–H groups in total. The van der Waals surface area contributed by atoms with E-state index in [2.05, 4.69) is 77.3 Å². The van der Waals surface area contributed by atoms with Gasteiger partial charge in [-0.05, 0) is 58.3 Å². The minimum absolute atomic E-state index is 0.0475. The van der Waals surface area contributed by atoms with Crippen molar-refractivity contribution in [1.29, 1.82) is 0 Å². The summed E-state index contributed by atoms with van der Waals surface area (Å²) in [4.78, 5) is 10.6. The zero-order chi connectivity index (χ0) is 23.8. The second kappa shape index (κ2) is 7.76. The van der Waals surface area contributed by atoms with Gasteiger partial charge in [-0.1, -0.05) is 47.6 Å². The number of fused-ring (bicyclic) bond motifs is 6. The highest BCUT2D eigenvalue weighted by Gasteiger charge is 2.34. The molecule has 3 aromatic heterocycles. The lowest BCUT2D eigenvalue weighted by Gasteiger charge is -2.21.